The maximum Gasteiger partial charge on any atom is 0.308 e. The zero-order valence-corrected chi connectivity index (χ0v) is 15.2. The van der Waals surface area contributed by atoms with Crippen molar-refractivity contribution in [1.82, 2.24) is 10.5 Å². The van der Waals surface area contributed by atoms with E-state index in [2.05, 4.69) is 10.5 Å². The first-order valence-corrected chi connectivity index (χ1v) is 8.07. The Labute approximate surface area is 151 Å². The van der Waals surface area contributed by atoms with Gasteiger partial charge in [0.05, 0.1) is 24.3 Å². The first-order chi connectivity index (χ1) is 12.3. The molecule has 140 valence electrons. The fourth-order valence-corrected chi connectivity index (χ4v) is 2.22. The summed E-state index contributed by atoms with van der Waals surface area (Å²) in [5, 5.41) is 15.3. The number of carbonyl (C=O) groups is 2. The SMILES string of the molecule is COc1cc(C(=O)NCC(C)C(=O)O)ccc1OCc1c(C)noc1C. The summed E-state index contributed by atoms with van der Waals surface area (Å²) in [6.45, 7) is 5.47. The third kappa shape index (κ3) is 4.53. The lowest BCUT2D eigenvalue weighted by Gasteiger charge is -2.13. The number of carboxylic acids is 1. The number of amides is 1. The fourth-order valence-electron chi connectivity index (χ4n) is 2.22. The predicted octanol–water partition coefficient (Wildman–Crippen LogP) is 2.33. The van der Waals surface area contributed by atoms with Gasteiger partial charge in [0, 0.05) is 12.1 Å². The van der Waals surface area contributed by atoms with E-state index < -0.39 is 11.9 Å². The van der Waals surface area contributed by atoms with Crippen LogP contribution in [0.3, 0.4) is 0 Å². The van der Waals surface area contributed by atoms with Crippen molar-refractivity contribution in [2.75, 3.05) is 13.7 Å². The third-order valence-corrected chi connectivity index (χ3v) is 3.97. The number of aryl methyl sites for hydroxylation is 2. The minimum absolute atomic E-state index is 0.0424. The molecule has 2 N–H and O–H groups in total. The maximum absolute atomic E-state index is 12.2. The van der Waals surface area contributed by atoms with Crippen LogP contribution in [0.2, 0.25) is 0 Å². The van der Waals surface area contributed by atoms with E-state index in [1.807, 2.05) is 13.8 Å². The zero-order valence-electron chi connectivity index (χ0n) is 15.2. The Hall–Kier alpha value is -3.03. The maximum atomic E-state index is 12.2. The topological polar surface area (TPSA) is 111 Å². The van der Waals surface area contributed by atoms with Crippen molar-refractivity contribution < 1.29 is 28.7 Å². The first kappa shape index (κ1) is 19.3. The third-order valence-electron chi connectivity index (χ3n) is 3.97. The zero-order chi connectivity index (χ0) is 19.3. The number of carbonyl (C=O) groups excluding carboxylic acids is 1. The molecule has 0 bridgehead atoms. The highest BCUT2D eigenvalue weighted by Crippen LogP contribution is 2.29. The summed E-state index contributed by atoms with van der Waals surface area (Å²) in [6, 6.07) is 4.77. The van der Waals surface area contributed by atoms with E-state index in [4.69, 9.17) is 19.1 Å². The van der Waals surface area contributed by atoms with Gasteiger partial charge in [-0.1, -0.05) is 12.1 Å². The van der Waals surface area contributed by atoms with Gasteiger partial charge >= 0.3 is 5.97 Å². The van der Waals surface area contributed by atoms with Crippen LogP contribution >= 0.6 is 0 Å². The quantitative estimate of drug-likeness (QED) is 0.741. The van der Waals surface area contributed by atoms with Gasteiger partial charge in [0.2, 0.25) is 0 Å². The van der Waals surface area contributed by atoms with Crippen molar-refractivity contribution in [3.05, 3.63) is 40.8 Å². The number of rotatable bonds is 8. The standard InChI is InChI=1S/C18H22N2O6/c1-10(18(22)23)8-19-17(21)13-5-6-15(16(7-13)24-4)25-9-14-11(2)20-26-12(14)3/h5-7,10H,8-9H2,1-4H3,(H,19,21)(H,22,23). The van der Waals surface area contributed by atoms with Crippen LogP contribution in [0.1, 0.15) is 34.3 Å². The average Bonchev–Trinajstić information content (AvgIpc) is 2.95. The van der Waals surface area contributed by atoms with Crippen LogP contribution in [0.15, 0.2) is 22.7 Å². The van der Waals surface area contributed by atoms with Crippen LogP contribution < -0.4 is 14.8 Å². The summed E-state index contributed by atoms with van der Waals surface area (Å²) in [5.74, 6) is -0.457. The number of ether oxygens (including phenoxy) is 2. The summed E-state index contributed by atoms with van der Waals surface area (Å²) in [6.07, 6.45) is 0. The highest BCUT2D eigenvalue weighted by atomic mass is 16.5. The van der Waals surface area contributed by atoms with E-state index in [1.165, 1.54) is 14.0 Å². The molecule has 0 fully saturated rings. The van der Waals surface area contributed by atoms with Gasteiger partial charge in [0.1, 0.15) is 12.4 Å². The van der Waals surface area contributed by atoms with Crippen molar-refractivity contribution in [3.63, 3.8) is 0 Å². The van der Waals surface area contributed by atoms with Crippen molar-refractivity contribution in [2.45, 2.75) is 27.4 Å². The van der Waals surface area contributed by atoms with Crippen molar-refractivity contribution in [2.24, 2.45) is 5.92 Å². The lowest BCUT2D eigenvalue weighted by Crippen LogP contribution is -2.31. The number of methoxy groups -OCH3 is 1. The van der Waals surface area contributed by atoms with Gasteiger partial charge in [-0.05, 0) is 32.0 Å². The second-order valence-electron chi connectivity index (χ2n) is 5.91. The number of nitrogens with zero attached hydrogens (tertiary/aromatic N) is 1. The monoisotopic (exact) mass is 362 g/mol. The molecule has 8 heteroatoms. The number of carboxylic acid groups (broad SMARTS) is 1. The lowest BCUT2D eigenvalue weighted by atomic mass is 10.1. The minimum Gasteiger partial charge on any atom is -0.493 e. The molecule has 2 aromatic rings. The molecule has 1 heterocycles. The normalized spacial score (nSPS) is 11.7. The minimum atomic E-state index is -0.967. The number of nitrogens with one attached hydrogen (secondary N) is 1. The molecule has 0 aliphatic rings. The van der Waals surface area contributed by atoms with E-state index in [1.54, 1.807) is 18.2 Å². The van der Waals surface area contributed by atoms with Gasteiger partial charge in [0.25, 0.3) is 5.91 Å². The fraction of sp³-hybridized carbons (Fsp3) is 0.389. The van der Waals surface area contributed by atoms with Gasteiger partial charge in [-0.3, -0.25) is 9.59 Å². The molecule has 0 radical (unpaired) electrons. The molecule has 1 aromatic heterocycles. The molecule has 0 saturated heterocycles. The van der Waals surface area contributed by atoms with Gasteiger partial charge in [-0.25, -0.2) is 0 Å². The molecule has 8 nitrogen and oxygen atoms in total. The number of hydrogen-bond acceptors (Lipinski definition) is 6. The van der Waals surface area contributed by atoms with Crippen LogP contribution in [0, 0.1) is 19.8 Å². The van der Waals surface area contributed by atoms with Crippen LogP contribution in [-0.2, 0) is 11.4 Å². The smallest absolute Gasteiger partial charge is 0.308 e. The molecular formula is C18H22N2O6. The molecular weight excluding hydrogens is 340 g/mol. The Kier molecular flexibility index (Phi) is 6.21. The Morgan fingerprint density at radius 2 is 2.04 bits per heavy atom. The van der Waals surface area contributed by atoms with Crippen LogP contribution in [0.4, 0.5) is 0 Å². The molecule has 0 aliphatic carbocycles. The summed E-state index contributed by atoms with van der Waals surface area (Å²) in [4.78, 5) is 23.0. The van der Waals surface area contributed by atoms with E-state index >= 15 is 0 Å². The summed E-state index contributed by atoms with van der Waals surface area (Å²) in [5.41, 5.74) is 1.96. The van der Waals surface area contributed by atoms with E-state index in [9.17, 15) is 9.59 Å². The Morgan fingerprint density at radius 1 is 1.31 bits per heavy atom. The van der Waals surface area contributed by atoms with Gasteiger partial charge in [0.15, 0.2) is 11.5 Å². The molecule has 1 aromatic carbocycles. The molecule has 2 rings (SSSR count). The predicted molar refractivity (Wildman–Crippen MR) is 92.4 cm³/mol. The Morgan fingerprint density at radius 3 is 2.62 bits per heavy atom. The Bertz CT molecular complexity index is 779. The molecule has 1 amide bonds. The molecule has 0 aliphatic heterocycles. The van der Waals surface area contributed by atoms with E-state index in [-0.39, 0.29) is 19.1 Å². The molecule has 1 unspecified atom stereocenters. The van der Waals surface area contributed by atoms with Crippen molar-refractivity contribution >= 4 is 11.9 Å². The molecule has 0 saturated carbocycles. The lowest BCUT2D eigenvalue weighted by molar-refractivity contribution is -0.140. The first-order valence-electron chi connectivity index (χ1n) is 8.07. The largest absolute Gasteiger partial charge is 0.493 e. The van der Waals surface area contributed by atoms with Crippen LogP contribution in [0.5, 0.6) is 11.5 Å². The number of aliphatic carboxylic acids is 1. The van der Waals surface area contributed by atoms with Gasteiger partial charge < -0.3 is 24.4 Å². The van der Waals surface area contributed by atoms with Crippen LogP contribution in [-0.4, -0.2) is 35.8 Å². The summed E-state index contributed by atoms with van der Waals surface area (Å²) >= 11 is 0. The highest BCUT2D eigenvalue weighted by Gasteiger charge is 2.16. The molecule has 0 spiro atoms. The molecule has 26 heavy (non-hydrogen) atoms. The summed E-state index contributed by atoms with van der Waals surface area (Å²) in [7, 11) is 1.48. The van der Waals surface area contributed by atoms with E-state index in [0.29, 0.717) is 22.8 Å². The van der Waals surface area contributed by atoms with Gasteiger partial charge in [-0.2, -0.15) is 0 Å². The molecule has 1 atom stereocenters. The second kappa shape index (κ2) is 8.37. The second-order valence-corrected chi connectivity index (χ2v) is 5.91. The van der Waals surface area contributed by atoms with Crippen LogP contribution in [0.25, 0.3) is 0 Å². The van der Waals surface area contributed by atoms with E-state index in [0.717, 1.165) is 11.3 Å². The van der Waals surface area contributed by atoms with Crippen molar-refractivity contribution in [1.29, 1.82) is 0 Å². The highest BCUT2D eigenvalue weighted by molar-refractivity contribution is 5.95. The summed E-state index contributed by atoms with van der Waals surface area (Å²) < 4.78 is 16.2. The Balaban J connectivity index is 2.06. The van der Waals surface area contributed by atoms with Crippen molar-refractivity contribution in [3.8, 4) is 11.5 Å². The number of hydrogen-bond donors (Lipinski definition) is 2. The number of benzene rings is 1. The average molecular weight is 362 g/mol. The van der Waals surface area contributed by atoms with Gasteiger partial charge in [-0.15, -0.1) is 0 Å². The number of aromatic nitrogens is 1.